The van der Waals surface area contributed by atoms with E-state index in [2.05, 4.69) is 10.6 Å². The molecule has 0 aromatic rings. The fourth-order valence-corrected chi connectivity index (χ4v) is 2.80. The Kier molecular flexibility index (Phi) is 8.37. The van der Waals surface area contributed by atoms with Crippen molar-refractivity contribution < 1.29 is 14.3 Å². The highest BCUT2D eigenvalue weighted by Gasteiger charge is 2.26. The molecule has 23 heavy (non-hydrogen) atoms. The number of hydrogen-bond donors (Lipinski definition) is 3. The van der Waals surface area contributed by atoms with Crippen LogP contribution in [0.15, 0.2) is 0 Å². The minimum atomic E-state index is -0.469. The second kappa shape index (κ2) is 9.75. The van der Waals surface area contributed by atoms with Gasteiger partial charge in [0.1, 0.15) is 5.60 Å². The average molecular weight is 327 g/mol. The van der Waals surface area contributed by atoms with E-state index in [1.54, 1.807) is 0 Å². The van der Waals surface area contributed by atoms with Crippen molar-refractivity contribution in [2.75, 3.05) is 19.6 Å². The molecule has 0 saturated heterocycles. The number of carbonyl (C=O) groups excluding carboxylic acids is 2. The Morgan fingerprint density at radius 2 is 1.74 bits per heavy atom. The molecule has 0 unspecified atom stereocenters. The zero-order valence-electron chi connectivity index (χ0n) is 14.8. The summed E-state index contributed by atoms with van der Waals surface area (Å²) >= 11 is 0. The van der Waals surface area contributed by atoms with Gasteiger partial charge in [-0.15, -0.1) is 0 Å². The van der Waals surface area contributed by atoms with Gasteiger partial charge in [0.05, 0.1) is 0 Å². The molecule has 0 radical (unpaired) electrons. The van der Waals surface area contributed by atoms with Gasteiger partial charge in [-0.3, -0.25) is 4.79 Å². The van der Waals surface area contributed by atoms with Gasteiger partial charge in [0.2, 0.25) is 5.91 Å². The van der Waals surface area contributed by atoms with Crippen LogP contribution in [0.2, 0.25) is 0 Å². The Bertz CT molecular complexity index is 372. The third kappa shape index (κ3) is 8.79. The number of nitrogens with two attached hydrogens (primary N) is 1. The molecule has 0 aromatic carbocycles. The lowest BCUT2D eigenvalue weighted by Crippen LogP contribution is -2.38. The van der Waals surface area contributed by atoms with Crippen molar-refractivity contribution in [1.82, 2.24) is 10.6 Å². The van der Waals surface area contributed by atoms with Gasteiger partial charge in [-0.2, -0.15) is 0 Å². The van der Waals surface area contributed by atoms with Gasteiger partial charge in [-0.25, -0.2) is 4.79 Å². The molecule has 0 aliphatic heterocycles. The highest BCUT2D eigenvalue weighted by atomic mass is 16.6. The van der Waals surface area contributed by atoms with Crippen molar-refractivity contribution >= 4 is 12.0 Å². The number of unbranched alkanes of at least 4 members (excludes halogenated alkanes) is 1. The molecule has 6 nitrogen and oxygen atoms in total. The average Bonchev–Trinajstić information content (AvgIpc) is 2.48. The summed E-state index contributed by atoms with van der Waals surface area (Å²) < 4.78 is 5.23. The molecule has 4 N–H and O–H groups in total. The Morgan fingerprint density at radius 3 is 2.30 bits per heavy atom. The molecule has 1 aliphatic rings. The topological polar surface area (TPSA) is 93.4 Å². The zero-order chi connectivity index (χ0) is 17.3. The molecular formula is C17H33N3O3. The summed E-state index contributed by atoms with van der Waals surface area (Å²) in [6.07, 6.45) is 5.25. The maximum absolute atomic E-state index is 12.1. The number of ether oxygens (including phenoxy) is 1. The standard InChI is InChI=1S/C17H33N3O3/c1-17(2,3)23-16(22)20-12-13-6-8-14(9-7-13)15(21)19-11-5-4-10-18/h13-14H,4-12,18H2,1-3H3,(H,19,21)(H,20,22). The maximum atomic E-state index is 12.1. The molecule has 0 atom stereocenters. The predicted octanol–water partition coefficient (Wildman–Crippen LogP) is 2.17. The van der Waals surface area contributed by atoms with Crippen LogP contribution in [0, 0.1) is 11.8 Å². The van der Waals surface area contributed by atoms with Crippen LogP contribution in [0.25, 0.3) is 0 Å². The second-order valence-corrected chi connectivity index (χ2v) is 7.39. The van der Waals surface area contributed by atoms with Crippen LogP contribution in [0.1, 0.15) is 59.3 Å². The van der Waals surface area contributed by atoms with Gasteiger partial charge in [0.25, 0.3) is 0 Å². The third-order valence-corrected chi connectivity index (χ3v) is 4.08. The van der Waals surface area contributed by atoms with Gasteiger partial charge in [0.15, 0.2) is 0 Å². The first-order valence-electron chi connectivity index (χ1n) is 8.76. The Morgan fingerprint density at radius 1 is 1.09 bits per heavy atom. The summed E-state index contributed by atoms with van der Waals surface area (Å²) in [6.45, 7) is 7.57. The van der Waals surface area contributed by atoms with Crippen molar-refractivity contribution in [2.24, 2.45) is 17.6 Å². The minimum absolute atomic E-state index is 0.116. The lowest BCUT2D eigenvalue weighted by atomic mass is 9.81. The van der Waals surface area contributed by atoms with E-state index < -0.39 is 5.60 Å². The van der Waals surface area contributed by atoms with E-state index in [0.717, 1.165) is 45.1 Å². The number of rotatable bonds is 7. The first-order chi connectivity index (χ1) is 10.8. The van der Waals surface area contributed by atoms with Crippen LogP contribution in [0.4, 0.5) is 4.79 Å². The van der Waals surface area contributed by atoms with Crippen LogP contribution in [0.5, 0.6) is 0 Å². The van der Waals surface area contributed by atoms with E-state index in [1.807, 2.05) is 20.8 Å². The predicted molar refractivity (Wildman–Crippen MR) is 91.0 cm³/mol. The first kappa shape index (κ1) is 19.7. The quantitative estimate of drug-likeness (QED) is 0.625. The van der Waals surface area contributed by atoms with Crippen molar-refractivity contribution in [1.29, 1.82) is 0 Å². The second-order valence-electron chi connectivity index (χ2n) is 7.39. The zero-order valence-corrected chi connectivity index (χ0v) is 14.8. The van der Waals surface area contributed by atoms with E-state index in [-0.39, 0.29) is 17.9 Å². The summed E-state index contributed by atoms with van der Waals surface area (Å²) in [5, 5.41) is 5.82. The largest absolute Gasteiger partial charge is 0.444 e. The Balaban J connectivity index is 2.17. The molecule has 0 bridgehead atoms. The number of alkyl carbamates (subject to hydrolysis) is 1. The molecule has 0 spiro atoms. The summed E-state index contributed by atoms with van der Waals surface area (Å²) in [7, 11) is 0. The van der Waals surface area contributed by atoms with Gasteiger partial charge >= 0.3 is 6.09 Å². The number of amides is 2. The number of nitrogens with one attached hydrogen (secondary N) is 2. The molecule has 1 fully saturated rings. The third-order valence-electron chi connectivity index (χ3n) is 4.08. The molecule has 2 amide bonds. The monoisotopic (exact) mass is 327 g/mol. The number of carbonyl (C=O) groups is 2. The fourth-order valence-electron chi connectivity index (χ4n) is 2.80. The molecule has 6 heteroatoms. The van der Waals surface area contributed by atoms with E-state index in [9.17, 15) is 9.59 Å². The Hall–Kier alpha value is -1.30. The van der Waals surface area contributed by atoms with Crippen LogP contribution in [-0.2, 0) is 9.53 Å². The Labute approximate surface area is 139 Å². The molecule has 1 saturated carbocycles. The van der Waals surface area contributed by atoms with E-state index in [1.165, 1.54) is 0 Å². The lowest BCUT2D eigenvalue weighted by molar-refractivity contribution is -0.126. The molecule has 1 rings (SSSR count). The SMILES string of the molecule is CC(C)(C)OC(=O)NCC1CCC(C(=O)NCCCCN)CC1. The smallest absolute Gasteiger partial charge is 0.407 e. The molecule has 1 aliphatic carbocycles. The van der Waals surface area contributed by atoms with E-state index in [4.69, 9.17) is 10.5 Å². The molecular weight excluding hydrogens is 294 g/mol. The van der Waals surface area contributed by atoms with Crippen LogP contribution < -0.4 is 16.4 Å². The van der Waals surface area contributed by atoms with Crippen molar-refractivity contribution in [3.63, 3.8) is 0 Å². The van der Waals surface area contributed by atoms with Crippen LogP contribution in [0.3, 0.4) is 0 Å². The van der Waals surface area contributed by atoms with Gasteiger partial charge in [-0.05, 0) is 71.8 Å². The van der Waals surface area contributed by atoms with Crippen molar-refractivity contribution in [3.8, 4) is 0 Å². The normalized spacial score (nSPS) is 21.6. The van der Waals surface area contributed by atoms with Crippen LogP contribution >= 0.6 is 0 Å². The summed E-state index contributed by atoms with van der Waals surface area (Å²) in [6, 6.07) is 0. The van der Waals surface area contributed by atoms with Gasteiger partial charge in [-0.1, -0.05) is 0 Å². The van der Waals surface area contributed by atoms with Gasteiger partial charge in [0, 0.05) is 19.0 Å². The summed E-state index contributed by atoms with van der Waals surface area (Å²) in [4.78, 5) is 23.7. The summed E-state index contributed by atoms with van der Waals surface area (Å²) in [5.41, 5.74) is 4.97. The van der Waals surface area contributed by atoms with Gasteiger partial charge < -0.3 is 21.1 Å². The maximum Gasteiger partial charge on any atom is 0.407 e. The molecule has 0 heterocycles. The number of hydrogen-bond acceptors (Lipinski definition) is 4. The van der Waals surface area contributed by atoms with E-state index in [0.29, 0.717) is 19.0 Å². The first-order valence-corrected chi connectivity index (χ1v) is 8.76. The molecule has 134 valence electrons. The minimum Gasteiger partial charge on any atom is -0.444 e. The fraction of sp³-hybridized carbons (Fsp3) is 0.882. The van der Waals surface area contributed by atoms with Crippen molar-refractivity contribution in [2.45, 2.75) is 64.9 Å². The van der Waals surface area contributed by atoms with E-state index >= 15 is 0 Å². The highest BCUT2D eigenvalue weighted by molar-refractivity contribution is 5.78. The summed E-state index contributed by atoms with van der Waals surface area (Å²) in [5.74, 6) is 0.718. The highest BCUT2D eigenvalue weighted by Crippen LogP contribution is 2.28. The van der Waals surface area contributed by atoms with Crippen LogP contribution in [-0.4, -0.2) is 37.2 Å². The molecule has 0 aromatic heterocycles. The lowest BCUT2D eigenvalue weighted by Gasteiger charge is -2.28. The van der Waals surface area contributed by atoms with Crippen molar-refractivity contribution in [3.05, 3.63) is 0 Å².